The van der Waals surface area contributed by atoms with E-state index in [1.807, 2.05) is 6.92 Å². The average molecular weight is 248 g/mol. The van der Waals surface area contributed by atoms with Crippen LogP contribution in [0.5, 0.6) is 0 Å². The average Bonchev–Trinajstić information content (AvgIpc) is 2.16. The van der Waals surface area contributed by atoms with E-state index in [1.165, 1.54) is 0 Å². The number of rotatable bonds is 6. The van der Waals surface area contributed by atoms with Gasteiger partial charge in [-0.1, -0.05) is 27.7 Å². The molecular weight excluding hydrogens is 220 g/mol. The first kappa shape index (κ1) is 16.1. The first-order chi connectivity index (χ1) is 7.15. The lowest BCUT2D eigenvalue weighted by Crippen LogP contribution is -2.43. The van der Waals surface area contributed by atoms with E-state index in [9.17, 15) is 5.11 Å². The Morgan fingerprint density at radius 1 is 1.25 bits per heavy atom. The van der Waals surface area contributed by atoms with Crippen LogP contribution in [0.4, 0.5) is 0 Å². The summed E-state index contributed by atoms with van der Waals surface area (Å²) in [5.74, 6) is 0.0409. The van der Waals surface area contributed by atoms with Crippen LogP contribution in [0.15, 0.2) is 0 Å². The minimum atomic E-state index is -1.74. The molecule has 0 aromatic heterocycles. The number of aliphatic hydroxyl groups excluding tert-OH is 2. The molecule has 0 rings (SSSR count). The van der Waals surface area contributed by atoms with Crippen LogP contribution in [0.3, 0.4) is 0 Å². The second kappa shape index (κ2) is 6.14. The summed E-state index contributed by atoms with van der Waals surface area (Å²) in [6.45, 7) is 13.4. The Labute approximate surface area is 101 Å². The van der Waals surface area contributed by atoms with Crippen LogP contribution >= 0.6 is 0 Å². The van der Waals surface area contributed by atoms with Crippen molar-refractivity contribution in [3.63, 3.8) is 0 Å². The number of hydrogen-bond donors (Lipinski definition) is 2. The van der Waals surface area contributed by atoms with Gasteiger partial charge in [-0.15, -0.1) is 0 Å². The van der Waals surface area contributed by atoms with Crippen molar-refractivity contribution in [1.82, 2.24) is 0 Å². The van der Waals surface area contributed by atoms with Crippen LogP contribution < -0.4 is 0 Å². The molecule has 0 saturated carbocycles. The van der Waals surface area contributed by atoms with E-state index >= 15 is 0 Å². The monoisotopic (exact) mass is 248 g/mol. The second-order valence-corrected chi connectivity index (χ2v) is 10.8. The maximum Gasteiger partial charge on any atom is 0.191 e. The summed E-state index contributed by atoms with van der Waals surface area (Å²) in [6.07, 6.45) is 0.172. The molecule has 0 heterocycles. The zero-order chi connectivity index (χ0) is 13.0. The van der Waals surface area contributed by atoms with Crippen molar-refractivity contribution in [1.29, 1.82) is 0 Å². The Morgan fingerprint density at radius 2 is 1.75 bits per heavy atom. The maximum absolute atomic E-state index is 9.60. The molecule has 98 valence electrons. The molecule has 0 aliphatic rings. The molecule has 0 aromatic carbocycles. The molecule has 16 heavy (non-hydrogen) atoms. The van der Waals surface area contributed by atoms with E-state index in [-0.39, 0.29) is 17.6 Å². The van der Waals surface area contributed by atoms with Crippen LogP contribution in [0, 0.1) is 5.92 Å². The van der Waals surface area contributed by atoms with Crippen molar-refractivity contribution in [2.24, 2.45) is 5.92 Å². The zero-order valence-electron chi connectivity index (χ0n) is 11.6. The summed E-state index contributed by atoms with van der Waals surface area (Å²) in [5, 5.41) is 18.7. The third-order valence-corrected chi connectivity index (χ3v) is 8.22. The molecule has 2 N–H and O–H groups in total. The molecule has 0 aliphatic heterocycles. The summed E-state index contributed by atoms with van der Waals surface area (Å²) in [5.41, 5.74) is 0. The molecule has 2 atom stereocenters. The summed E-state index contributed by atoms with van der Waals surface area (Å²) in [4.78, 5) is 0. The normalized spacial score (nSPS) is 17.2. The zero-order valence-corrected chi connectivity index (χ0v) is 12.6. The van der Waals surface area contributed by atoms with Crippen molar-refractivity contribution in [2.75, 3.05) is 13.2 Å². The van der Waals surface area contributed by atoms with Gasteiger partial charge in [-0.3, -0.25) is 0 Å². The Balaban J connectivity index is 4.31. The van der Waals surface area contributed by atoms with Crippen molar-refractivity contribution in [3.05, 3.63) is 0 Å². The highest BCUT2D eigenvalue weighted by Crippen LogP contribution is 2.37. The van der Waals surface area contributed by atoms with E-state index in [4.69, 9.17) is 9.53 Å². The van der Waals surface area contributed by atoms with Gasteiger partial charge in [0.2, 0.25) is 0 Å². The predicted molar refractivity (Wildman–Crippen MR) is 70.0 cm³/mol. The molecule has 0 saturated heterocycles. The molecule has 0 spiro atoms. The quantitative estimate of drug-likeness (QED) is 0.710. The van der Waals surface area contributed by atoms with Gasteiger partial charge in [0.15, 0.2) is 8.32 Å². The molecule has 4 heteroatoms. The van der Waals surface area contributed by atoms with Gasteiger partial charge in [0.05, 0.1) is 12.7 Å². The van der Waals surface area contributed by atoms with Crippen molar-refractivity contribution >= 4 is 8.32 Å². The minimum Gasteiger partial charge on any atom is -0.416 e. The molecule has 0 aliphatic carbocycles. The van der Waals surface area contributed by atoms with Crippen LogP contribution in [0.2, 0.25) is 18.1 Å². The summed E-state index contributed by atoms with van der Waals surface area (Å²) in [6, 6.07) is 0. The fraction of sp³-hybridized carbons (Fsp3) is 1.00. The molecule has 3 nitrogen and oxygen atoms in total. The third kappa shape index (κ3) is 4.53. The van der Waals surface area contributed by atoms with Gasteiger partial charge >= 0.3 is 0 Å². The van der Waals surface area contributed by atoms with Gasteiger partial charge in [-0.2, -0.15) is 0 Å². The molecule has 0 aromatic rings. The topological polar surface area (TPSA) is 49.7 Å². The van der Waals surface area contributed by atoms with Crippen LogP contribution in [0.25, 0.3) is 0 Å². The summed E-state index contributed by atoms with van der Waals surface area (Å²) in [7, 11) is -1.74. The highest BCUT2D eigenvalue weighted by molar-refractivity contribution is 6.74. The Hall–Kier alpha value is 0.0969. The largest absolute Gasteiger partial charge is 0.416 e. The van der Waals surface area contributed by atoms with E-state index in [0.717, 1.165) is 6.42 Å². The number of aliphatic hydroxyl groups is 2. The Morgan fingerprint density at radius 3 is 2.06 bits per heavy atom. The van der Waals surface area contributed by atoms with Gasteiger partial charge in [0.25, 0.3) is 0 Å². The van der Waals surface area contributed by atoms with Gasteiger partial charge in [0.1, 0.15) is 0 Å². The first-order valence-electron chi connectivity index (χ1n) is 6.08. The molecule has 0 fully saturated rings. The minimum absolute atomic E-state index is 0.0409. The molecule has 0 radical (unpaired) electrons. The van der Waals surface area contributed by atoms with Crippen LogP contribution in [-0.4, -0.2) is 37.8 Å². The molecular formula is C12H28O3Si. The maximum atomic E-state index is 9.60. The molecule has 0 bridgehead atoms. The predicted octanol–water partition coefficient (Wildman–Crippen LogP) is 2.39. The Kier molecular flexibility index (Phi) is 6.18. The lowest BCUT2D eigenvalue weighted by Gasteiger charge is -2.37. The SMILES string of the molecule is CC[C@@H](CO[Si](C)(C)C(C)(C)C)[C@H](O)CO. The van der Waals surface area contributed by atoms with E-state index < -0.39 is 14.4 Å². The third-order valence-electron chi connectivity index (χ3n) is 3.72. The number of hydrogen-bond acceptors (Lipinski definition) is 3. The second-order valence-electron chi connectivity index (χ2n) is 5.99. The van der Waals surface area contributed by atoms with Crippen LogP contribution in [0.1, 0.15) is 34.1 Å². The van der Waals surface area contributed by atoms with Crippen LogP contribution in [-0.2, 0) is 4.43 Å². The standard InChI is InChI=1S/C12H28O3Si/c1-7-10(11(14)8-13)9-15-16(5,6)12(2,3)4/h10-11,13-14H,7-9H2,1-6H3/t10-,11+/m0/s1. The van der Waals surface area contributed by atoms with Gasteiger partial charge in [0, 0.05) is 12.5 Å². The highest BCUT2D eigenvalue weighted by Gasteiger charge is 2.37. The first-order valence-corrected chi connectivity index (χ1v) is 8.99. The lowest BCUT2D eigenvalue weighted by molar-refractivity contribution is 0.0235. The summed E-state index contributed by atoms with van der Waals surface area (Å²) < 4.78 is 6.04. The molecule has 0 unspecified atom stereocenters. The smallest absolute Gasteiger partial charge is 0.191 e. The fourth-order valence-corrected chi connectivity index (χ4v) is 2.25. The van der Waals surface area contributed by atoms with Crippen molar-refractivity contribution < 1.29 is 14.6 Å². The van der Waals surface area contributed by atoms with Crippen molar-refractivity contribution in [2.45, 2.75) is 58.4 Å². The van der Waals surface area contributed by atoms with Crippen molar-refractivity contribution in [3.8, 4) is 0 Å². The molecule has 0 amide bonds. The van der Waals surface area contributed by atoms with E-state index in [0.29, 0.717) is 6.61 Å². The summed E-state index contributed by atoms with van der Waals surface area (Å²) >= 11 is 0. The van der Waals surface area contributed by atoms with E-state index in [1.54, 1.807) is 0 Å². The lowest BCUT2D eigenvalue weighted by atomic mass is 10.0. The Bertz CT molecular complexity index is 199. The van der Waals surface area contributed by atoms with Gasteiger partial charge in [-0.05, 0) is 24.6 Å². The van der Waals surface area contributed by atoms with Gasteiger partial charge < -0.3 is 14.6 Å². The highest BCUT2D eigenvalue weighted by atomic mass is 28.4. The fourth-order valence-electron chi connectivity index (χ4n) is 1.18. The van der Waals surface area contributed by atoms with E-state index in [2.05, 4.69) is 33.9 Å². The van der Waals surface area contributed by atoms with Gasteiger partial charge in [-0.25, -0.2) is 0 Å².